The van der Waals surface area contributed by atoms with Gasteiger partial charge in [-0.15, -0.1) is 0 Å². The Balaban J connectivity index is 1.92. The second kappa shape index (κ2) is 13.5. The second-order valence-electron chi connectivity index (χ2n) is 9.25. The van der Waals surface area contributed by atoms with Crippen molar-refractivity contribution in [2.45, 2.75) is 52.0 Å². The zero-order valence-electron chi connectivity index (χ0n) is 21.4. The van der Waals surface area contributed by atoms with Crippen LogP contribution in [0.1, 0.15) is 63.1 Å². The summed E-state index contributed by atoms with van der Waals surface area (Å²) in [5.74, 6) is -1.74. The van der Waals surface area contributed by atoms with Crippen LogP contribution in [0.2, 0.25) is 0 Å². The van der Waals surface area contributed by atoms with Gasteiger partial charge in [0.2, 0.25) is 0 Å². The molecule has 1 amide bonds. The molecule has 1 unspecified atom stereocenters. The number of benzene rings is 2. The van der Waals surface area contributed by atoms with Gasteiger partial charge < -0.3 is 14.9 Å². The van der Waals surface area contributed by atoms with E-state index >= 15 is 0 Å². The van der Waals surface area contributed by atoms with E-state index in [9.17, 15) is 24.8 Å². The minimum atomic E-state index is -0.752. The summed E-state index contributed by atoms with van der Waals surface area (Å²) in [4.78, 5) is 40.8. The Hall–Kier alpha value is -3.04. The molecule has 1 aliphatic rings. The van der Waals surface area contributed by atoms with Gasteiger partial charge in [0.15, 0.2) is 0 Å². The van der Waals surface area contributed by atoms with Crippen LogP contribution in [0, 0.1) is 10.1 Å². The molecule has 1 fully saturated rings. The molecule has 0 aromatic heterocycles. The van der Waals surface area contributed by atoms with Gasteiger partial charge in [-0.2, -0.15) is 0 Å². The summed E-state index contributed by atoms with van der Waals surface area (Å²) in [7, 11) is 0. The number of nitrogens with zero attached hydrogens (tertiary/aromatic N) is 3. The fraction of sp³-hybridized carbons (Fsp3) is 0.429. The number of nitro benzene ring substituents is 1. The minimum Gasteiger partial charge on any atom is -0.507 e. The summed E-state index contributed by atoms with van der Waals surface area (Å²) >= 11 is 3.42. The van der Waals surface area contributed by atoms with Gasteiger partial charge in [0.05, 0.1) is 16.5 Å². The lowest BCUT2D eigenvalue weighted by atomic mass is 9.95. The maximum atomic E-state index is 13.2. The van der Waals surface area contributed by atoms with Crippen molar-refractivity contribution in [3.63, 3.8) is 0 Å². The molecule has 1 saturated heterocycles. The number of likely N-dealkylation sites (tertiary alicyclic amines) is 1. The standard InChI is InChI=1S/C28H34BrN3O5/c1-3-5-16-30(17-6-4-2)18-7-19-31-25(20-8-12-22(29)13-9-20)24(27(34)28(31)35)26(33)21-10-14-23(15-11-21)32(36)37/h8-15,25,33H,3-7,16-19H2,1-2H3/b26-24-. The Labute approximate surface area is 226 Å². The first-order valence-corrected chi connectivity index (χ1v) is 13.6. The van der Waals surface area contributed by atoms with Crippen LogP contribution in [-0.2, 0) is 9.59 Å². The van der Waals surface area contributed by atoms with Crippen molar-refractivity contribution < 1.29 is 19.6 Å². The number of carbonyl (C=O) groups is 2. The van der Waals surface area contributed by atoms with Gasteiger partial charge in [0, 0.05) is 28.7 Å². The van der Waals surface area contributed by atoms with Gasteiger partial charge >= 0.3 is 0 Å². The number of amides is 1. The topological polar surface area (TPSA) is 104 Å². The predicted octanol–water partition coefficient (Wildman–Crippen LogP) is 6.07. The second-order valence-corrected chi connectivity index (χ2v) is 10.2. The van der Waals surface area contributed by atoms with Crippen molar-refractivity contribution in [3.05, 3.63) is 79.8 Å². The van der Waals surface area contributed by atoms with Gasteiger partial charge in [0.1, 0.15) is 5.76 Å². The lowest BCUT2D eigenvalue weighted by Gasteiger charge is -2.27. The molecule has 2 aromatic carbocycles. The van der Waals surface area contributed by atoms with E-state index < -0.39 is 22.7 Å². The Kier molecular flexibility index (Phi) is 10.4. The van der Waals surface area contributed by atoms with E-state index in [4.69, 9.17) is 0 Å². The molecule has 0 spiro atoms. The first-order valence-electron chi connectivity index (χ1n) is 12.8. The summed E-state index contributed by atoms with van der Waals surface area (Å²) < 4.78 is 0.853. The maximum Gasteiger partial charge on any atom is 0.295 e. The predicted molar refractivity (Wildman–Crippen MR) is 147 cm³/mol. The van der Waals surface area contributed by atoms with Crippen molar-refractivity contribution in [2.24, 2.45) is 0 Å². The highest BCUT2D eigenvalue weighted by Crippen LogP contribution is 2.40. The highest BCUT2D eigenvalue weighted by Gasteiger charge is 2.45. The van der Waals surface area contributed by atoms with Crippen LogP contribution in [-0.4, -0.2) is 57.7 Å². The van der Waals surface area contributed by atoms with Crippen LogP contribution in [0.3, 0.4) is 0 Å². The summed E-state index contributed by atoms with van der Waals surface area (Å²) in [6.07, 6.45) is 5.16. The molecular weight excluding hydrogens is 538 g/mol. The molecule has 9 heteroatoms. The van der Waals surface area contributed by atoms with Crippen molar-refractivity contribution >= 4 is 39.1 Å². The zero-order chi connectivity index (χ0) is 26.9. The first-order chi connectivity index (χ1) is 17.8. The average Bonchev–Trinajstić information content (AvgIpc) is 3.15. The lowest BCUT2D eigenvalue weighted by molar-refractivity contribution is -0.384. The van der Waals surface area contributed by atoms with Crippen molar-refractivity contribution in [2.75, 3.05) is 26.2 Å². The third kappa shape index (κ3) is 7.05. The number of nitro groups is 1. The number of Topliss-reactive ketones (excluding diaryl/α,β-unsaturated/α-hetero) is 1. The molecule has 37 heavy (non-hydrogen) atoms. The van der Waals surface area contributed by atoms with Gasteiger partial charge in [-0.05, 0) is 68.7 Å². The van der Waals surface area contributed by atoms with E-state index in [1.807, 2.05) is 24.3 Å². The fourth-order valence-corrected chi connectivity index (χ4v) is 4.83. The molecule has 1 aliphatic heterocycles. The third-order valence-electron chi connectivity index (χ3n) is 6.61. The number of unbranched alkanes of at least 4 members (excludes halogenated alkanes) is 2. The van der Waals surface area contributed by atoms with Gasteiger partial charge in [0.25, 0.3) is 17.4 Å². The van der Waals surface area contributed by atoms with Crippen molar-refractivity contribution in [3.8, 4) is 0 Å². The van der Waals surface area contributed by atoms with Gasteiger partial charge in [-0.25, -0.2) is 0 Å². The van der Waals surface area contributed by atoms with Crippen LogP contribution in [0.4, 0.5) is 5.69 Å². The molecule has 2 aromatic rings. The van der Waals surface area contributed by atoms with Crippen LogP contribution in [0.25, 0.3) is 5.76 Å². The van der Waals surface area contributed by atoms with E-state index in [-0.39, 0.29) is 22.6 Å². The number of aliphatic hydroxyl groups is 1. The highest BCUT2D eigenvalue weighted by molar-refractivity contribution is 9.10. The van der Waals surface area contributed by atoms with E-state index in [0.717, 1.165) is 49.8 Å². The van der Waals surface area contributed by atoms with Crippen LogP contribution < -0.4 is 0 Å². The molecule has 198 valence electrons. The largest absolute Gasteiger partial charge is 0.507 e. The molecule has 0 bridgehead atoms. The normalized spacial score (nSPS) is 17.1. The van der Waals surface area contributed by atoms with E-state index in [1.54, 1.807) is 4.90 Å². The fourth-order valence-electron chi connectivity index (χ4n) is 4.56. The SMILES string of the molecule is CCCCN(CCCC)CCCN1C(=O)C(=O)/C(=C(\O)c2ccc([N+](=O)[O-])cc2)C1c1ccc(Br)cc1. The zero-order valence-corrected chi connectivity index (χ0v) is 22.9. The molecule has 1 heterocycles. The van der Waals surface area contributed by atoms with E-state index in [1.165, 1.54) is 24.3 Å². The van der Waals surface area contributed by atoms with Gasteiger partial charge in [-0.1, -0.05) is 54.8 Å². The number of non-ortho nitro benzene ring substituents is 1. The van der Waals surface area contributed by atoms with Crippen LogP contribution in [0.5, 0.6) is 0 Å². The van der Waals surface area contributed by atoms with E-state index in [2.05, 4.69) is 34.7 Å². The first kappa shape index (κ1) is 28.5. The van der Waals surface area contributed by atoms with Crippen LogP contribution in [0.15, 0.2) is 58.6 Å². The van der Waals surface area contributed by atoms with Gasteiger partial charge in [-0.3, -0.25) is 19.7 Å². The molecule has 1 atom stereocenters. The smallest absolute Gasteiger partial charge is 0.295 e. The molecule has 3 rings (SSSR count). The molecule has 0 saturated carbocycles. The molecule has 1 N–H and O–H groups in total. The number of hydrogen-bond donors (Lipinski definition) is 1. The summed E-state index contributed by atoms with van der Waals surface area (Å²) in [5.41, 5.74) is 0.822. The lowest BCUT2D eigenvalue weighted by Crippen LogP contribution is -2.34. The molecule has 8 nitrogen and oxygen atoms in total. The monoisotopic (exact) mass is 571 g/mol. The van der Waals surface area contributed by atoms with Crippen molar-refractivity contribution in [1.82, 2.24) is 9.80 Å². The number of aliphatic hydroxyl groups excluding tert-OH is 1. The Morgan fingerprint density at radius 2 is 1.54 bits per heavy atom. The molecule has 0 radical (unpaired) electrons. The number of halogens is 1. The van der Waals surface area contributed by atoms with E-state index in [0.29, 0.717) is 18.5 Å². The Morgan fingerprint density at radius 3 is 2.08 bits per heavy atom. The maximum absolute atomic E-state index is 13.2. The number of rotatable bonds is 13. The average molecular weight is 573 g/mol. The number of ketones is 1. The molecular formula is C28H34BrN3O5. The van der Waals surface area contributed by atoms with Crippen molar-refractivity contribution in [1.29, 1.82) is 0 Å². The third-order valence-corrected chi connectivity index (χ3v) is 7.14. The minimum absolute atomic E-state index is 0.00463. The highest BCUT2D eigenvalue weighted by atomic mass is 79.9. The summed E-state index contributed by atoms with van der Waals surface area (Å²) in [5, 5.41) is 22.2. The summed E-state index contributed by atoms with van der Waals surface area (Å²) in [6, 6.07) is 11.9. The molecule has 0 aliphatic carbocycles. The van der Waals surface area contributed by atoms with Crippen LogP contribution >= 0.6 is 15.9 Å². The Bertz CT molecular complexity index is 1120. The quantitative estimate of drug-likeness (QED) is 0.103. The Morgan fingerprint density at radius 1 is 0.973 bits per heavy atom. The number of carbonyl (C=O) groups excluding carboxylic acids is 2. The number of hydrogen-bond acceptors (Lipinski definition) is 6. The summed E-state index contributed by atoms with van der Waals surface area (Å²) in [6.45, 7) is 7.54.